The molecule has 6 nitrogen and oxygen atoms in total. The maximum atomic E-state index is 13.3. The molecule has 0 fully saturated rings. The van der Waals surface area contributed by atoms with E-state index >= 15 is 0 Å². The van der Waals surface area contributed by atoms with Gasteiger partial charge in [0, 0.05) is 11.0 Å². The number of benzene rings is 3. The van der Waals surface area contributed by atoms with Crippen LogP contribution >= 0.6 is 15.9 Å². The molecule has 3 aromatic carbocycles. The monoisotopic (exact) mass is 527 g/mol. The lowest BCUT2D eigenvalue weighted by atomic mass is 10.0. The van der Waals surface area contributed by atoms with Crippen LogP contribution in [0.5, 0.6) is 0 Å². The number of hydrazone groups is 1. The van der Waals surface area contributed by atoms with Crippen molar-refractivity contribution >= 4 is 38.1 Å². The van der Waals surface area contributed by atoms with E-state index in [2.05, 4.69) is 40.3 Å². The molecule has 33 heavy (non-hydrogen) atoms. The van der Waals surface area contributed by atoms with Crippen LogP contribution in [0.3, 0.4) is 0 Å². The number of nitrogens with zero attached hydrogens (tertiary/aromatic N) is 2. The van der Waals surface area contributed by atoms with Crippen molar-refractivity contribution in [3.8, 4) is 0 Å². The Hall–Kier alpha value is -2.81. The second-order valence-corrected chi connectivity index (χ2v) is 10.7. The Bertz CT molecular complexity index is 1190. The first-order valence-electron chi connectivity index (χ1n) is 10.5. The van der Waals surface area contributed by atoms with Gasteiger partial charge in [0.1, 0.15) is 0 Å². The zero-order chi connectivity index (χ0) is 23.8. The zero-order valence-corrected chi connectivity index (χ0v) is 20.9. The molecule has 0 aliphatic heterocycles. The Morgan fingerprint density at radius 1 is 1.00 bits per heavy atom. The number of carbonyl (C=O) groups excluding carboxylic acids is 1. The van der Waals surface area contributed by atoms with E-state index in [1.165, 1.54) is 23.9 Å². The Morgan fingerprint density at radius 3 is 2.24 bits per heavy atom. The van der Waals surface area contributed by atoms with Crippen LogP contribution in [0.1, 0.15) is 36.5 Å². The number of hydrogen-bond donors (Lipinski definition) is 1. The molecule has 0 aliphatic carbocycles. The largest absolute Gasteiger partial charge is 0.272 e. The summed E-state index contributed by atoms with van der Waals surface area (Å²) in [6, 6.07) is 23.3. The van der Waals surface area contributed by atoms with Gasteiger partial charge < -0.3 is 0 Å². The Morgan fingerprint density at radius 2 is 1.64 bits per heavy atom. The first kappa shape index (κ1) is 24.8. The molecule has 172 valence electrons. The number of rotatable bonds is 9. The van der Waals surface area contributed by atoms with E-state index < -0.39 is 15.9 Å². The van der Waals surface area contributed by atoms with Gasteiger partial charge in [0.2, 0.25) is 10.0 Å². The molecule has 0 spiro atoms. The molecule has 0 radical (unpaired) electrons. The van der Waals surface area contributed by atoms with E-state index in [0.717, 1.165) is 19.9 Å². The van der Waals surface area contributed by atoms with E-state index in [-0.39, 0.29) is 18.0 Å². The van der Waals surface area contributed by atoms with E-state index in [0.29, 0.717) is 5.92 Å². The minimum atomic E-state index is -3.90. The highest BCUT2D eigenvalue weighted by atomic mass is 79.9. The molecule has 0 saturated carbocycles. The highest BCUT2D eigenvalue weighted by molar-refractivity contribution is 9.10. The first-order valence-corrected chi connectivity index (χ1v) is 12.7. The van der Waals surface area contributed by atoms with E-state index in [1.807, 2.05) is 54.6 Å². The molecule has 0 saturated heterocycles. The van der Waals surface area contributed by atoms with Crippen LogP contribution in [-0.2, 0) is 21.4 Å². The summed E-state index contributed by atoms with van der Waals surface area (Å²) in [5.41, 5.74) is 5.26. The summed E-state index contributed by atoms with van der Waals surface area (Å²) in [7, 11) is -3.90. The van der Waals surface area contributed by atoms with Gasteiger partial charge in [-0.1, -0.05) is 84.4 Å². The highest BCUT2D eigenvalue weighted by Crippen LogP contribution is 2.21. The van der Waals surface area contributed by atoms with Crippen LogP contribution in [0.4, 0.5) is 0 Å². The van der Waals surface area contributed by atoms with Crippen molar-refractivity contribution in [1.29, 1.82) is 0 Å². The average Bonchev–Trinajstić information content (AvgIpc) is 2.80. The molecule has 1 N–H and O–H groups in total. The minimum absolute atomic E-state index is 0.0625. The highest BCUT2D eigenvalue weighted by Gasteiger charge is 2.26. The van der Waals surface area contributed by atoms with Gasteiger partial charge in [-0.2, -0.15) is 9.41 Å². The van der Waals surface area contributed by atoms with Gasteiger partial charge in [-0.05, 0) is 46.9 Å². The van der Waals surface area contributed by atoms with Crippen LogP contribution < -0.4 is 5.43 Å². The third-order valence-corrected chi connectivity index (χ3v) is 7.31. The SMILES string of the molecule is CC(C)c1ccc(/C=N\NC(=O)CN(Cc2ccccc2)S(=O)(=O)c2ccc(Br)cc2)cc1. The van der Waals surface area contributed by atoms with Crippen LogP contribution in [-0.4, -0.2) is 31.4 Å². The fourth-order valence-electron chi connectivity index (χ4n) is 3.11. The van der Waals surface area contributed by atoms with Crippen LogP contribution in [0.2, 0.25) is 0 Å². The normalized spacial score (nSPS) is 11.9. The molecule has 8 heteroatoms. The van der Waals surface area contributed by atoms with E-state index in [1.54, 1.807) is 12.1 Å². The third-order valence-electron chi connectivity index (χ3n) is 4.98. The fraction of sp³-hybridized carbons (Fsp3) is 0.200. The molecular formula is C25H26BrN3O3S. The summed E-state index contributed by atoms with van der Waals surface area (Å²) >= 11 is 3.31. The van der Waals surface area contributed by atoms with Crippen molar-refractivity contribution in [3.63, 3.8) is 0 Å². The van der Waals surface area contributed by atoms with E-state index in [9.17, 15) is 13.2 Å². The van der Waals surface area contributed by atoms with Crippen molar-refractivity contribution < 1.29 is 13.2 Å². The standard InChI is InChI=1S/C25H26BrN3O3S/c1-19(2)22-10-8-20(9-11-22)16-27-28-25(30)18-29(17-21-6-4-3-5-7-21)33(31,32)24-14-12-23(26)13-15-24/h3-16,19H,17-18H2,1-2H3,(H,28,30)/b27-16-. The quantitative estimate of drug-likeness (QED) is 0.317. The second kappa shape index (κ2) is 11.4. The Labute approximate surface area is 203 Å². The lowest BCUT2D eigenvalue weighted by molar-refractivity contribution is -0.121. The second-order valence-electron chi connectivity index (χ2n) is 7.83. The number of sulfonamides is 1. The van der Waals surface area contributed by atoms with Crippen LogP contribution in [0.25, 0.3) is 0 Å². The van der Waals surface area contributed by atoms with Gasteiger partial charge in [0.15, 0.2) is 0 Å². The lowest BCUT2D eigenvalue weighted by Crippen LogP contribution is -2.39. The topological polar surface area (TPSA) is 78.8 Å². The summed E-state index contributed by atoms with van der Waals surface area (Å²) in [4.78, 5) is 12.7. The van der Waals surface area contributed by atoms with Gasteiger partial charge >= 0.3 is 0 Å². The lowest BCUT2D eigenvalue weighted by Gasteiger charge is -2.21. The molecule has 3 rings (SSSR count). The van der Waals surface area contributed by atoms with Crippen LogP contribution in [0, 0.1) is 0 Å². The van der Waals surface area contributed by atoms with Crippen molar-refractivity contribution in [2.45, 2.75) is 31.2 Å². The summed E-state index contributed by atoms with van der Waals surface area (Å²) in [5.74, 6) is -0.0966. The molecule has 0 bridgehead atoms. The number of amides is 1. The Balaban J connectivity index is 1.73. The molecule has 0 unspecified atom stereocenters. The van der Waals surface area contributed by atoms with Crippen molar-refractivity contribution in [3.05, 3.63) is 100 Å². The van der Waals surface area contributed by atoms with Crippen molar-refractivity contribution in [2.24, 2.45) is 5.10 Å². The summed E-state index contributed by atoms with van der Waals surface area (Å²) in [5, 5.41) is 3.99. The average molecular weight is 528 g/mol. The first-order chi connectivity index (χ1) is 15.8. The number of nitrogens with one attached hydrogen (secondary N) is 1. The summed E-state index contributed by atoms with van der Waals surface area (Å²) < 4.78 is 28.4. The molecule has 0 aromatic heterocycles. The molecule has 1 amide bonds. The van der Waals surface area contributed by atoms with Gasteiger partial charge in [0.05, 0.1) is 17.7 Å². The van der Waals surface area contributed by atoms with Gasteiger partial charge in [0.25, 0.3) is 5.91 Å². The van der Waals surface area contributed by atoms with Crippen LogP contribution in [0.15, 0.2) is 93.3 Å². The third kappa shape index (κ3) is 7.08. The predicted octanol–water partition coefficient (Wildman–Crippen LogP) is 4.91. The maximum Gasteiger partial charge on any atom is 0.255 e. The van der Waals surface area contributed by atoms with E-state index in [4.69, 9.17) is 0 Å². The minimum Gasteiger partial charge on any atom is -0.272 e. The number of halogens is 1. The molecular weight excluding hydrogens is 502 g/mol. The summed E-state index contributed by atoms with van der Waals surface area (Å²) in [6.07, 6.45) is 1.53. The Kier molecular flexibility index (Phi) is 8.55. The number of hydrogen-bond acceptors (Lipinski definition) is 4. The molecule has 0 heterocycles. The number of carbonyl (C=O) groups is 1. The predicted molar refractivity (Wildman–Crippen MR) is 134 cm³/mol. The van der Waals surface area contributed by atoms with Gasteiger partial charge in [-0.3, -0.25) is 4.79 Å². The zero-order valence-electron chi connectivity index (χ0n) is 18.5. The fourth-order valence-corrected chi connectivity index (χ4v) is 4.76. The molecule has 0 atom stereocenters. The van der Waals surface area contributed by atoms with Crippen molar-refractivity contribution in [1.82, 2.24) is 9.73 Å². The van der Waals surface area contributed by atoms with Gasteiger partial charge in [-0.25, -0.2) is 13.8 Å². The van der Waals surface area contributed by atoms with Gasteiger partial charge in [-0.15, -0.1) is 0 Å². The summed E-state index contributed by atoms with van der Waals surface area (Å²) in [6.45, 7) is 3.93. The molecule has 3 aromatic rings. The maximum absolute atomic E-state index is 13.3. The molecule has 0 aliphatic rings. The smallest absolute Gasteiger partial charge is 0.255 e. The van der Waals surface area contributed by atoms with Crippen molar-refractivity contribution in [2.75, 3.05) is 6.54 Å².